The van der Waals surface area contributed by atoms with Gasteiger partial charge in [0.2, 0.25) is 5.91 Å². The summed E-state index contributed by atoms with van der Waals surface area (Å²) in [5.41, 5.74) is -0.722. The van der Waals surface area contributed by atoms with Gasteiger partial charge in [-0.25, -0.2) is 4.72 Å². The number of hydrogen-bond acceptors (Lipinski definition) is 3. The van der Waals surface area contributed by atoms with Crippen molar-refractivity contribution in [2.45, 2.75) is 37.8 Å². The second-order valence-corrected chi connectivity index (χ2v) is 8.14. The molecule has 0 aromatic heterocycles. The van der Waals surface area contributed by atoms with Crippen LogP contribution in [0, 0.1) is 5.92 Å². The molecule has 9 heteroatoms. The third-order valence-corrected chi connectivity index (χ3v) is 6.18. The number of carbonyl (C=O) groups excluding carboxylic acids is 1. The van der Waals surface area contributed by atoms with Crippen LogP contribution in [0.2, 0.25) is 0 Å². The summed E-state index contributed by atoms with van der Waals surface area (Å²) in [6.07, 6.45) is -1.87. The molecule has 1 aromatic rings. The maximum absolute atomic E-state index is 13.1. The molecule has 1 aliphatic carbocycles. The lowest BCUT2D eigenvalue weighted by atomic mass is 10.0. The second kappa shape index (κ2) is 6.60. The minimum atomic E-state index is -4.50. The van der Waals surface area contributed by atoms with Gasteiger partial charge >= 0.3 is 16.4 Å². The van der Waals surface area contributed by atoms with Crippen molar-refractivity contribution in [1.82, 2.24) is 9.03 Å². The Hall–Kier alpha value is -1.61. The van der Waals surface area contributed by atoms with Crippen LogP contribution in [0.4, 0.5) is 13.2 Å². The Morgan fingerprint density at radius 2 is 1.76 bits per heavy atom. The molecule has 1 saturated heterocycles. The summed E-state index contributed by atoms with van der Waals surface area (Å²) >= 11 is 0. The molecule has 5 nitrogen and oxygen atoms in total. The van der Waals surface area contributed by atoms with Crippen molar-refractivity contribution in [3.05, 3.63) is 35.4 Å². The molecule has 1 heterocycles. The lowest BCUT2D eigenvalue weighted by Crippen LogP contribution is -2.46. The van der Waals surface area contributed by atoms with Gasteiger partial charge in [-0.15, -0.1) is 0 Å². The Morgan fingerprint density at radius 3 is 2.40 bits per heavy atom. The van der Waals surface area contributed by atoms with E-state index in [1.165, 1.54) is 22.5 Å². The molecule has 2 aliphatic rings. The molecule has 3 rings (SSSR count). The molecule has 1 saturated carbocycles. The predicted molar refractivity (Wildman–Crippen MR) is 84.8 cm³/mol. The average Bonchev–Trinajstić information content (AvgIpc) is 3.35. The van der Waals surface area contributed by atoms with E-state index >= 15 is 0 Å². The normalized spacial score (nSPS) is 24.8. The van der Waals surface area contributed by atoms with Crippen LogP contribution in [-0.4, -0.2) is 31.7 Å². The van der Waals surface area contributed by atoms with Crippen LogP contribution in [0.15, 0.2) is 24.3 Å². The summed E-state index contributed by atoms with van der Waals surface area (Å²) in [5, 5.41) is 0. The fourth-order valence-electron chi connectivity index (χ4n) is 3.28. The van der Waals surface area contributed by atoms with E-state index in [-0.39, 0.29) is 12.0 Å². The van der Waals surface area contributed by atoms with Gasteiger partial charge in [0.15, 0.2) is 0 Å². The third kappa shape index (κ3) is 3.98. The van der Waals surface area contributed by atoms with E-state index in [1.807, 2.05) is 4.72 Å². The van der Waals surface area contributed by atoms with Crippen LogP contribution < -0.4 is 4.72 Å². The molecule has 0 spiro atoms. The third-order valence-electron chi connectivity index (χ3n) is 4.68. The molecule has 1 N–H and O–H groups in total. The largest absolute Gasteiger partial charge is 0.416 e. The number of carbonyl (C=O) groups is 1. The highest BCUT2D eigenvalue weighted by atomic mass is 32.2. The van der Waals surface area contributed by atoms with Crippen LogP contribution in [-0.2, 0) is 21.2 Å². The van der Waals surface area contributed by atoms with E-state index in [0.29, 0.717) is 13.1 Å². The molecule has 2 atom stereocenters. The minimum Gasteiger partial charge on any atom is -0.274 e. The van der Waals surface area contributed by atoms with Crippen LogP contribution in [0.5, 0.6) is 0 Å². The predicted octanol–water partition coefficient (Wildman–Crippen LogP) is 2.66. The molecule has 0 bridgehead atoms. The molecule has 2 fully saturated rings. The Bertz CT molecular complexity index is 758. The van der Waals surface area contributed by atoms with Crippen molar-refractivity contribution >= 4 is 16.1 Å². The van der Waals surface area contributed by atoms with Gasteiger partial charge in [-0.3, -0.25) is 4.79 Å². The molecule has 1 aliphatic heterocycles. The highest BCUT2D eigenvalue weighted by molar-refractivity contribution is 7.87. The number of rotatable bonds is 4. The van der Waals surface area contributed by atoms with Crippen molar-refractivity contribution in [2.24, 2.45) is 5.92 Å². The Morgan fingerprint density at radius 1 is 1.12 bits per heavy atom. The number of halogens is 3. The first-order valence-corrected chi connectivity index (χ1v) is 9.62. The van der Waals surface area contributed by atoms with Gasteiger partial charge in [0.05, 0.1) is 5.56 Å². The van der Waals surface area contributed by atoms with Crippen molar-refractivity contribution < 1.29 is 26.4 Å². The molecule has 2 unspecified atom stereocenters. The van der Waals surface area contributed by atoms with Gasteiger partial charge in [-0.2, -0.15) is 25.9 Å². The van der Waals surface area contributed by atoms with E-state index in [9.17, 15) is 26.4 Å². The van der Waals surface area contributed by atoms with Gasteiger partial charge in [0.25, 0.3) is 0 Å². The fourth-order valence-corrected chi connectivity index (χ4v) is 4.55. The van der Waals surface area contributed by atoms with E-state index in [1.54, 1.807) is 0 Å². The van der Waals surface area contributed by atoms with Gasteiger partial charge in [-0.1, -0.05) is 24.6 Å². The second-order valence-electron chi connectivity index (χ2n) is 6.46. The van der Waals surface area contributed by atoms with Crippen LogP contribution in [0.1, 0.15) is 42.7 Å². The molecule has 1 aromatic carbocycles. The Kier molecular flexibility index (Phi) is 4.80. The minimum absolute atomic E-state index is 0.0468. The van der Waals surface area contributed by atoms with Gasteiger partial charge in [-0.05, 0) is 36.8 Å². The standard InChI is InChI=1S/C16H19F3N2O3S/c17-16(18,19)14-7-3-2-6-11(14)12-10-13(12)15(22)20-25(23,24)21-8-4-1-5-9-21/h2-3,6-7,12-13H,1,4-5,8-10H2,(H,20,22). The number of hydrogen-bond donors (Lipinski definition) is 1. The lowest BCUT2D eigenvalue weighted by molar-refractivity contribution is -0.138. The number of nitrogens with zero attached hydrogens (tertiary/aromatic N) is 1. The molecule has 138 valence electrons. The lowest BCUT2D eigenvalue weighted by Gasteiger charge is -2.25. The average molecular weight is 376 g/mol. The fraction of sp³-hybridized carbons (Fsp3) is 0.562. The zero-order valence-electron chi connectivity index (χ0n) is 13.4. The first-order valence-electron chi connectivity index (χ1n) is 8.18. The number of benzene rings is 1. The monoisotopic (exact) mass is 376 g/mol. The highest BCUT2D eigenvalue weighted by Crippen LogP contribution is 2.51. The van der Waals surface area contributed by atoms with Crippen molar-refractivity contribution in [3.63, 3.8) is 0 Å². The molecule has 1 amide bonds. The molecule has 25 heavy (non-hydrogen) atoms. The van der Waals surface area contributed by atoms with Gasteiger partial charge in [0.1, 0.15) is 0 Å². The number of amides is 1. The van der Waals surface area contributed by atoms with Crippen molar-refractivity contribution in [1.29, 1.82) is 0 Å². The quantitative estimate of drug-likeness (QED) is 0.879. The van der Waals surface area contributed by atoms with E-state index in [0.717, 1.165) is 25.3 Å². The summed E-state index contributed by atoms with van der Waals surface area (Å²) < 4.78 is 66.9. The van der Waals surface area contributed by atoms with Gasteiger partial charge in [0, 0.05) is 19.0 Å². The molecular weight excluding hydrogens is 357 g/mol. The van der Waals surface area contributed by atoms with E-state index < -0.39 is 39.7 Å². The number of piperidine rings is 1. The highest BCUT2D eigenvalue weighted by Gasteiger charge is 2.48. The maximum atomic E-state index is 13.1. The molecule has 0 radical (unpaired) electrons. The summed E-state index contributed by atoms with van der Waals surface area (Å²) in [7, 11) is -3.92. The topological polar surface area (TPSA) is 66.5 Å². The number of nitrogens with one attached hydrogen (secondary N) is 1. The first kappa shape index (κ1) is 18.2. The van der Waals surface area contributed by atoms with E-state index in [4.69, 9.17) is 0 Å². The van der Waals surface area contributed by atoms with Crippen LogP contribution >= 0.6 is 0 Å². The summed E-state index contributed by atoms with van der Waals surface area (Å²) in [4.78, 5) is 12.2. The zero-order chi connectivity index (χ0) is 18.2. The van der Waals surface area contributed by atoms with E-state index in [2.05, 4.69) is 0 Å². The summed E-state index contributed by atoms with van der Waals surface area (Å²) in [5.74, 6) is -2.08. The SMILES string of the molecule is O=C(NS(=O)(=O)N1CCCCC1)C1CC1c1ccccc1C(F)(F)F. The Labute approximate surface area is 144 Å². The maximum Gasteiger partial charge on any atom is 0.416 e. The van der Waals surface area contributed by atoms with Crippen molar-refractivity contribution in [3.8, 4) is 0 Å². The zero-order valence-corrected chi connectivity index (χ0v) is 14.2. The van der Waals surface area contributed by atoms with Gasteiger partial charge < -0.3 is 0 Å². The van der Waals surface area contributed by atoms with Crippen molar-refractivity contribution in [2.75, 3.05) is 13.1 Å². The summed E-state index contributed by atoms with van der Waals surface area (Å²) in [6, 6.07) is 5.11. The van der Waals surface area contributed by atoms with Crippen LogP contribution in [0.25, 0.3) is 0 Å². The molecular formula is C16H19F3N2O3S. The van der Waals surface area contributed by atoms with Crippen LogP contribution in [0.3, 0.4) is 0 Å². The smallest absolute Gasteiger partial charge is 0.274 e. The summed E-state index contributed by atoms with van der Waals surface area (Å²) in [6.45, 7) is 0.710. The first-order chi connectivity index (χ1) is 11.7. The Balaban J connectivity index is 1.69. The number of alkyl halides is 3.